The van der Waals surface area contributed by atoms with Crippen molar-refractivity contribution in [1.82, 2.24) is 4.98 Å². The first-order valence-corrected chi connectivity index (χ1v) is 7.24. The topological polar surface area (TPSA) is 82.0 Å². The smallest absolute Gasteiger partial charge is 0.269 e. The molecule has 0 aliphatic carbocycles. The van der Waals surface area contributed by atoms with E-state index < -0.39 is 4.92 Å². The van der Waals surface area contributed by atoms with Gasteiger partial charge in [0, 0.05) is 23.1 Å². The van der Waals surface area contributed by atoms with Crippen LogP contribution in [0, 0.1) is 13.8 Å². The van der Waals surface area contributed by atoms with Gasteiger partial charge in [0.05, 0.1) is 4.92 Å². The van der Waals surface area contributed by atoms with Crippen LogP contribution in [0.5, 0.6) is 0 Å². The zero-order chi connectivity index (χ0) is 15.0. The fourth-order valence-corrected chi connectivity index (χ4v) is 3.02. The zero-order valence-corrected chi connectivity index (χ0v) is 12.9. The number of fused-ring (bicyclic) bond motifs is 1. The highest BCUT2D eigenvalue weighted by Crippen LogP contribution is 2.35. The summed E-state index contributed by atoms with van der Waals surface area (Å²) in [6.07, 6.45) is 0. The van der Waals surface area contributed by atoms with Crippen LogP contribution in [-0.4, -0.2) is 9.91 Å². The second-order valence-corrected chi connectivity index (χ2v) is 5.53. The van der Waals surface area contributed by atoms with Crippen molar-refractivity contribution >= 4 is 44.9 Å². The van der Waals surface area contributed by atoms with Gasteiger partial charge in [-0.25, -0.2) is 4.98 Å². The zero-order valence-electron chi connectivity index (χ0n) is 10.8. The van der Waals surface area contributed by atoms with Crippen LogP contribution in [0.4, 0.5) is 11.5 Å². The minimum absolute atomic E-state index is 0.0556. The molecule has 3 rings (SSSR count). The van der Waals surface area contributed by atoms with Crippen LogP contribution in [0.2, 0.25) is 0 Å². The lowest BCUT2D eigenvalue weighted by molar-refractivity contribution is -0.384. The summed E-state index contributed by atoms with van der Waals surface area (Å²) < 4.78 is 0.839. The maximum Gasteiger partial charge on any atom is 0.269 e. The SMILES string of the molecule is Nc1nc(I)c2ccccc2c1-c1ccc([N+](=O)[O-])cc1. The van der Waals surface area contributed by atoms with E-state index in [4.69, 9.17) is 5.73 Å². The van der Waals surface area contributed by atoms with E-state index in [0.29, 0.717) is 5.82 Å². The highest BCUT2D eigenvalue weighted by molar-refractivity contribution is 14.1. The van der Waals surface area contributed by atoms with E-state index in [9.17, 15) is 10.1 Å². The molecule has 0 radical (unpaired) electrons. The second kappa shape index (κ2) is 5.28. The average Bonchev–Trinajstić information content (AvgIpc) is 2.48. The van der Waals surface area contributed by atoms with E-state index in [1.165, 1.54) is 12.1 Å². The second-order valence-electron chi connectivity index (χ2n) is 4.51. The minimum atomic E-state index is -0.419. The third-order valence-electron chi connectivity index (χ3n) is 3.26. The van der Waals surface area contributed by atoms with Gasteiger partial charge in [0.15, 0.2) is 0 Å². The van der Waals surface area contributed by atoms with Crippen molar-refractivity contribution < 1.29 is 4.92 Å². The van der Waals surface area contributed by atoms with Gasteiger partial charge in [-0.2, -0.15) is 0 Å². The molecule has 5 nitrogen and oxygen atoms in total. The monoisotopic (exact) mass is 391 g/mol. The summed E-state index contributed by atoms with van der Waals surface area (Å²) in [5.41, 5.74) is 7.75. The van der Waals surface area contributed by atoms with Crippen molar-refractivity contribution in [3.63, 3.8) is 0 Å². The number of nitro benzene ring substituents is 1. The molecule has 104 valence electrons. The number of aromatic nitrogens is 1. The molecule has 0 atom stereocenters. The van der Waals surface area contributed by atoms with E-state index in [1.807, 2.05) is 24.3 Å². The summed E-state index contributed by atoms with van der Waals surface area (Å²) in [5, 5.41) is 12.7. The van der Waals surface area contributed by atoms with Crippen molar-refractivity contribution in [2.24, 2.45) is 0 Å². The lowest BCUT2D eigenvalue weighted by atomic mass is 9.99. The Morgan fingerprint density at radius 3 is 2.29 bits per heavy atom. The van der Waals surface area contributed by atoms with Crippen LogP contribution < -0.4 is 5.73 Å². The minimum Gasteiger partial charge on any atom is -0.383 e. The Hall–Kier alpha value is -2.22. The van der Waals surface area contributed by atoms with Gasteiger partial charge in [-0.05, 0) is 45.7 Å². The van der Waals surface area contributed by atoms with Crippen LogP contribution in [0.3, 0.4) is 0 Å². The number of anilines is 1. The lowest BCUT2D eigenvalue weighted by Crippen LogP contribution is -1.98. The Bertz CT molecular complexity index is 847. The number of nitrogens with zero attached hydrogens (tertiary/aromatic N) is 2. The lowest BCUT2D eigenvalue weighted by Gasteiger charge is -2.11. The Kier molecular flexibility index (Phi) is 3.46. The van der Waals surface area contributed by atoms with Crippen molar-refractivity contribution in [2.75, 3.05) is 5.73 Å². The molecule has 0 fully saturated rings. The molecular weight excluding hydrogens is 381 g/mol. The van der Waals surface area contributed by atoms with Gasteiger partial charge in [0.2, 0.25) is 0 Å². The number of nitrogens with two attached hydrogens (primary N) is 1. The van der Waals surface area contributed by atoms with Gasteiger partial charge in [-0.1, -0.05) is 24.3 Å². The third-order valence-corrected chi connectivity index (χ3v) is 4.08. The number of pyridine rings is 1. The van der Waals surface area contributed by atoms with Crippen molar-refractivity contribution in [3.8, 4) is 11.1 Å². The summed E-state index contributed by atoms with van der Waals surface area (Å²) in [6.45, 7) is 0. The molecule has 0 amide bonds. The number of nitro groups is 1. The highest BCUT2D eigenvalue weighted by Gasteiger charge is 2.13. The molecule has 1 aromatic heterocycles. The molecule has 2 N–H and O–H groups in total. The van der Waals surface area contributed by atoms with Gasteiger partial charge >= 0.3 is 0 Å². The first-order chi connectivity index (χ1) is 10.1. The molecule has 0 spiro atoms. The fourth-order valence-electron chi connectivity index (χ4n) is 2.29. The number of hydrogen-bond acceptors (Lipinski definition) is 4. The fraction of sp³-hybridized carbons (Fsp3) is 0. The Morgan fingerprint density at radius 1 is 1.05 bits per heavy atom. The van der Waals surface area contributed by atoms with E-state index in [2.05, 4.69) is 27.6 Å². The first-order valence-electron chi connectivity index (χ1n) is 6.16. The quantitative estimate of drug-likeness (QED) is 0.310. The molecule has 0 bridgehead atoms. The predicted octanol–water partition coefficient (Wildman–Crippen LogP) is 4.00. The van der Waals surface area contributed by atoms with Gasteiger partial charge in [0.1, 0.15) is 9.52 Å². The number of halogens is 1. The van der Waals surface area contributed by atoms with Crippen molar-refractivity contribution in [1.29, 1.82) is 0 Å². The third kappa shape index (κ3) is 2.42. The number of hydrogen-bond donors (Lipinski definition) is 1. The summed E-state index contributed by atoms with van der Waals surface area (Å²) in [6, 6.07) is 14.2. The normalized spacial score (nSPS) is 10.7. The Labute approximate surface area is 134 Å². The van der Waals surface area contributed by atoms with E-state index in [0.717, 1.165) is 25.6 Å². The van der Waals surface area contributed by atoms with E-state index in [-0.39, 0.29) is 5.69 Å². The molecule has 0 saturated heterocycles. The predicted molar refractivity (Wildman–Crippen MR) is 91.0 cm³/mol. The molecule has 21 heavy (non-hydrogen) atoms. The number of non-ortho nitro benzene ring substituents is 1. The molecule has 0 aliphatic heterocycles. The summed E-state index contributed by atoms with van der Waals surface area (Å²) in [4.78, 5) is 14.7. The molecule has 1 heterocycles. The van der Waals surface area contributed by atoms with Crippen molar-refractivity contribution in [2.45, 2.75) is 0 Å². The first kappa shape index (κ1) is 13.7. The van der Waals surface area contributed by atoms with Gasteiger partial charge < -0.3 is 5.73 Å². The van der Waals surface area contributed by atoms with Crippen LogP contribution in [0.1, 0.15) is 0 Å². The Morgan fingerprint density at radius 2 is 1.67 bits per heavy atom. The summed E-state index contributed by atoms with van der Waals surface area (Å²) in [5.74, 6) is 0.423. The molecule has 3 aromatic rings. The molecule has 0 saturated carbocycles. The largest absolute Gasteiger partial charge is 0.383 e. The number of nitrogen functional groups attached to an aromatic ring is 1. The van der Waals surface area contributed by atoms with Gasteiger partial charge in [0.25, 0.3) is 5.69 Å². The standard InChI is InChI=1S/C15H10IN3O2/c16-14-12-4-2-1-3-11(12)13(15(17)18-14)9-5-7-10(8-6-9)19(20)21/h1-8H,(H2,17,18). The van der Waals surface area contributed by atoms with Crippen LogP contribution in [0.15, 0.2) is 48.5 Å². The molecule has 6 heteroatoms. The van der Waals surface area contributed by atoms with Gasteiger partial charge in [-0.3, -0.25) is 10.1 Å². The van der Waals surface area contributed by atoms with Crippen LogP contribution in [-0.2, 0) is 0 Å². The van der Waals surface area contributed by atoms with Crippen LogP contribution in [0.25, 0.3) is 21.9 Å². The molecular formula is C15H10IN3O2. The Balaban J connectivity index is 2.27. The molecule has 0 unspecified atom stereocenters. The van der Waals surface area contributed by atoms with Crippen molar-refractivity contribution in [3.05, 3.63) is 62.3 Å². The molecule has 2 aromatic carbocycles. The van der Waals surface area contributed by atoms with E-state index >= 15 is 0 Å². The van der Waals surface area contributed by atoms with Gasteiger partial charge in [-0.15, -0.1) is 0 Å². The highest BCUT2D eigenvalue weighted by atomic mass is 127. The summed E-state index contributed by atoms with van der Waals surface area (Å²) in [7, 11) is 0. The number of benzene rings is 2. The number of rotatable bonds is 2. The maximum atomic E-state index is 10.7. The summed E-state index contributed by atoms with van der Waals surface area (Å²) >= 11 is 2.15. The average molecular weight is 391 g/mol. The molecule has 0 aliphatic rings. The van der Waals surface area contributed by atoms with E-state index in [1.54, 1.807) is 12.1 Å². The maximum absolute atomic E-state index is 10.7. The van der Waals surface area contributed by atoms with Crippen LogP contribution >= 0.6 is 22.6 Å².